The van der Waals surface area contributed by atoms with Crippen molar-refractivity contribution in [1.29, 1.82) is 0 Å². The van der Waals surface area contributed by atoms with Crippen molar-refractivity contribution in [2.75, 3.05) is 0 Å². The Morgan fingerprint density at radius 1 is 1.24 bits per heavy atom. The zero-order valence-corrected chi connectivity index (χ0v) is 10.3. The molecule has 8 heteroatoms. The second-order valence-electron chi connectivity index (χ2n) is 3.03. The Morgan fingerprint density at radius 3 is 2.47 bits per heavy atom. The van der Waals surface area contributed by atoms with E-state index in [1.54, 1.807) is 0 Å². The standard InChI is InChI=1S/C9H3BrClF3N2O/c10-6-3-4(11)1-2-5(6)7-15-16-8(17-7)9(12,13)14/h1-3H. The highest BCUT2D eigenvalue weighted by Gasteiger charge is 2.38. The van der Waals surface area contributed by atoms with Gasteiger partial charge in [0.05, 0.1) is 5.56 Å². The van der Waals surface area contributed by atoms with Crippen LogP contribution in [0.15, 0.2) is 27.1 Å². The summed E-state index contributed by atoms with van der Waals surface area (Å²) in [5, 5.41) is 6.71. The molecule has 1 aromatic carbocycles. The number of nitrogens with zero attached hydrogens (tertiary/aromatic N) is 2. The maximum absolute atomic E-state index is 12.3. The van der Waals surface area contributed by atoms with Crippen LogP contribution in [0.25, 0.3) is 11.5 Å². The molecular formula is C9H3BrClF3N2O. The molecule has 1 aromatic heterocycles. The van der Waals surface area contributed by atoms with Gasteiger partial charge < -0.3 is 4.42 Å². The lowest BCUT2D eigenvalue weighted by Gasteiger charge is -2.00. The number of alkyl halides is 3. The summed E-state index contributed by atoms with van der Waals surface area (Å²) in [7, 11) is 0. The van der Waals surface area contributed by atoms with Crippen molar-refractivity contribution in [3.63, 3.8) is 0 Å². The maximum Gasteiger partial charge on any atom is 0.470 e. The van der Waals surface area contributed by atoms with Crippen LogP contribution in [0.1, 0.15) is 5.89 Å². The largest absolute Gasteiger partial charge is 0.470 e. The average Bonchev–Trinajstić information content (AvgIpc) is 2.65. The summed E-state index contributed by atoms with van der Waals surface area (Å²) in [6.07, 6.45) is -4.65. The molecule has 0 aliphatic carbocycles. The van der Waals surface area contributed by atoms with E-state index in [4.69, 9.17) is 11.6 Å². The van der Waals surface area contributed by atoms with E-state index >= 15 is 0 Å². The molecule has 0 saturated heterocycles. The van der Waals surface area contributed by atoms with Crippen LogP contribution in [0.5, 0.6) is 0 Å². The lowest BCUT2D eigenvalue weighted by molar-refractivity contribution is -0.156. The zero-order valence-electron chi connectivity index (χ0n) is 7.92. The molecule has 0 spiro atoms. The minimum absolute atomic E-state index is 0.221. The summed E-state index contributed by atoms with van der Waals surface area (Å²) in [5.41, 5.74) is 0.345. The van der Waals surface area contributed by atoms with E-state index in [-0.39, 0.29) is 5.89 Å². The van der Waals surface area contributed by atoms with Crippen LogP contribution in [0.3, 0.4) is 0 Å². The van der Waals surface area contributed by atoms with Gasteiger partial charge in [0, 0.05) is 9.50 Å². The van der Waals surface area contributed by atoms with E-state index in [0.29, 0.717) is 15.1 Å². The molecule has 2 rings (SSSR count). The highest BCUT2D eigenvalue weighted by molar-refractivity contribution is 9.10. The van der Waals surface area contributed by atoms with Gasteiger partial charge in [0.15, 0.2) is 0 Å². The van der Waals surface area contributed by atoms with Crippen LogP contribution in [-0.4, -0.2) is 10.2 Å². The van der Waals surface area contributed by atoms with Gasteiger partial charge in [0.25, 0.3) is 0 Å². The number of benzene rings is 1. The molecule has 0 fully saturated rings. The highest BCUT2D eigenvalue weighted by atomic mass is 79.9. The molecule has 0 unspecified atom stereocenters. The van der Waals surface area contributed by atoms with Crippen LogP contribution in [0.2, 0.25) is 5.02 Å². The minimum Gasteiger partial charge on any atom is -0.413 e. The van der Waals surface area contributed by atoms with Crippen molar-refractivity contribution in [3.05, 3.63) is 33.6 Å². The molecule has 0 amide bonds. The van der Waals surface area contributed by atoms with Gasteiger partial charge in [-0.15, -0.1) is 10.2 Å². The second kappa shape index (κ2) is 4.30. The van der Waals surface area contributed by atoms with Crippen molar-refractivity contribution < 1.29 is 17.6 Å². The first-order chi connectivity index (χ1) is 7.88. The van der Waals surface area contributed by atoms with Gasteiger partial charge in [0.2, 0.25) is 5.89 Å². The molecule has 17 heavy (non-hydrogen) atoms. The molecule has 0 aliphatic heterocycles. The SMILES string of the molecule is FC(F)(F)c1nnc(-c2ccc(Cl)cc2Br)o1. The first-order valence-electron chi connectivity index (χ1n) is 4.24. The third-order valence-electron chi connectivity index (χ3n) is 1.83. The number of hydrogen-bond donors (Lipinski definition) is 0. The van der Waals surface area contributed by atoms with Gasteiger partial charge in [0.1, 0.15) is 0 Å². The summed E-state index contributed by atoms with van der Waals surface area (Å²) in [4.78, 5) is 0. The Hall–Kier alpha value is -1.08. The fourth-order valence-electron chi connectivity index (χ4n) is 1.11. The molecular weight excluding hydrogens is 324 g/mol. The van der Waals surface area contributed by atoms with E-state index in [2.05, 4.69) is 30.5 Å². The molecule has 90 valence electrons. The molecule has 0 atom stereocenters. The second-order valence-corrected chi connectivity index (χ2v) is 4.33. The van der Waals surface area contributed by atoms with Crippen LogP contribution in [-0.2, 0) is 6.18 Å². The smallest absolute Gasteiger partial charge is 0.413 e. The summed E-state index contributed by atoms with van der Waals surface area (Å²) in [6, 6.07) is 4.52. The predicted molar refractivity (Wildman–Crippen MR) is 57.4 cm³/mol. The summed E-state index contributed by atoms with van der Waals surface area (Å²) in [6.45, 7) is 0. The molecule has 0 radical (unpaired) electrons. The molecule has 0 bridgehead atoms. The Bertz CT molecular complexity index is 555. The van der Waals surface area contributed by atoms with Crippen molar-refractivity contribution in [1.82, 2.24) is 10.2 Å². The van der Waals surface area contributed by atoms with Gasteiger partial charge >= 0.3 is 12.1 Å². The third-order valence-corrected chi connectivity index (χ3v) is 2.72. The summed E-state index contributed by atoms with van der Waals surface area (Å²) < 4.78 is 41.8. The molecule has 0 aliphatic rings. The fourth-order valence-corrected chi connectivity index (χ4v) is 1.96. The molecule has 1 heterocycles. The van der Waals surface area contributed by atoms with Gasteiger partial charge in [-0.3, -0.25) is 0 Å². The molecule has 3 nitrogen and oxygen atoms in total. The van der Waals surface area contributed by atoms with Crippen molar-refractivity contribution in [2.24, 2.45) is 0 Å². The van der Waals surface area contributed by atoms with Gasteiger partial charge in [-0.2, -0.15) is 13.2 Å². The number of halogens is 5. The highest BCUT2D eigenvalue weighted by Crippen LogP contribution is 2.33. The predicted octanol–water partition coefficient (Wildman–Crippen LogP) is 4.17. The first kappa shape index (κ1) is 12.4. The van der Waals surface area contributed by atoms with E-state index in [0.717, 1.165) is 0 Å². The van der Waals surface area contributed by atoms with E-state index in [1.807, 2.05) is 0 Å². The van der Waals surface area contributed by atoms with Crippen LogP contribution < -0.4 is 0 Å². The number of aromatic nitrogens is 2. The van der Waals surface area contributed by atoms with E-state index in [9.17, 15) is 13.2 Å². The van der Waals surface area contributed by atoms with Crippen LogP contribution in [0.4, 0.5) is 13.2 Å². The number of rotatable bonds is 1. The summed E-state index contributed by atoms with van der Waals surface area (Å²) in [5.74, 6) is -1.60. The lowest BCUT2D eigenvalue weighted by Crippen LogP contribution is -2.04. The monoisotopic (exact) mass is 326 g/mol. The zero-order chi connectivity index (χ0) is 12.6. The lowest BCUT2D eigenvalue weighted by atomic mass is 10.2. The molecule has 2 aromatic rings. The normalized spacial score (nSPS) is 11.8. The molecule has 0 N–H and O–H groups in total. The Kier molecular flexibility index (Phi) is 3.13. The van der Waals surface area contributed by atoms with E-state index < -0.39 is 12.1 Å². The van der Waals surface area contributed by atoms with Gasteiger partial charge in [-0.1, -0.05) is 11.6 Å². The maximum atomic E-state index is 12.3. The van der Waals surface area contributed by atoms with Crippen molar-refractivity contribution >= 4 is 27.5 Å². The van der Waals surface area contributed by atoms with Crippen LogP contribution in [0, 0.1) is 0 Å². The average molecular weight is 327 g/mol. The first-order valence-corrected chi connectivity index (χ1v) is 5.41. The van der Waals surface area contributed by atoms with Crippen LogP contribution >= 0.6 is 27.5 Å². The van der Waals surface area contributed by atoms with E-state index in [1.165, 1.54) is 18.2 Å². The topological polar surface area (TPSA) is 38.9 Å². The Morgan fingerprint density at radius 2 is 1.94 bits per heavy atom. The van der Waals surface area contributed by atoms with Gasteiger partial charge in [-0.05, 0) is 34.1 Å². The Labute approximate surface area is 107 Å². The van der Waals surface area contributed by atoms with Gasteiger partial charge in [-0.25, -0.2) is 0 Å². The third kappa shape index (κ3) is 2.61. The minimum atomic E-state index is -4.65. The number of hydrogen-bond acceptors (Lipinski definition) is 3. The Balaban J connectivity index is 2.44. The summed E-state index contributed by atoms with van der Waals surface area (Å²) >= 11 is 8.86. The quantitative estimate of drug-likeness (QED) is 0.789. The van der Waals surface area contributed by atoms with Crippen molar-refractivity contribution in [3.8, 4) is 11.5 Å². The van der Waals surface area contributed by atoms with Crippen molar-refractivity contribution in [2.45, 2.75) is 6.18 Å². The molecule has 0 saturated carbocycles. The fraction of sp³-hybridized carbons (Fsp3) is 0.111.